The molecule has 28 heavy (non-hydrogen) atoms. The Hall–Kier alpha value is -1.90. The first-order valence-electron chi connectivity index (χ1n) is 9.22. The molecular weight excluding hydrogens is 414 g/mol. The van der Waals surface area contributed by atoms with Crippen molar-refractivity contribution in [3.63, 3.8) is 0 Å². The van der Waals surface area contributed by atoms with E-state index in [1.54, 1.807) is 17.7 Å². The molecule has 0 atom stereocenters. The SMILES string of the molecule is O=C(CSc1nncn1-c1cccc(Cl)c1)NCCc1nc2c(s1)CCCC2. The van der Waals surface area contributed by atoms with Crippen LogP contribution >= 0.6 is 34.7 Å². The molecule has 0 spiro atoms. The maximum atomic E-state index is 12.2. The Labute approximate surface area is 176 Å². The summed E-state index contributed by atoms with van der Waals surface area (Å²) in [6.07, 6.45) is 7.17. The van der Waals surface area contributed by atoms with Crippen LogP contribution in [-0.2, 0) is 24.1 Å². The summed E-state index contributed by atoms with van der Waals surface area (Å²) in [6, 6.07) is 7.44. The van der Waals surface area contributed by atoms with Gasteiger partial charge in [0.2, 0.25) is 5.91 Å². The predicted molar refractivity (Wildman–Crippen MR) is 113 cm³/mol. The van der Waals surface area contributed by atoms with Gasteiger partial charge in [0.15, 0.2) is 5.16 Å². The van der Waals surface area contributed by atoms with Gasteiger partial charge in [-0.3, -0.25) is 9.36 Å². The van der Waals surface area contributed by atoms with Crippen molar-refractivity contribution >= 4 is 40.6 Å². The van der Waals surface area contributed by atoms with Gasteiger partial charge in [-0.1, -0.05) is 29.4 Å². The maximum Gasteiger partial charge on any atom is 0.230 e. The summed E-state index contributed by atoms with van der Waals surface area (Å²) in [5, 5.41) is 13.4. The van der Waals surface area contributed by atoms with Crippen molar-refractivity contribution in [3.8, 4) is 5.69 Å². The van der Waals surface area contributed by atoms with E-state index < -0.39 is 0 Å². The number of benzene rings is 1. The second kappa shape index (κ2) is 9.07. The van der Waals surface area contributed by atoms with Crippen molar-refractivity contribution < 1.29 is 4.79 Å². The first kappa shape index (κ1) is 19.4. The second-order valence-corrected chi connectivity index (χ2v) is 9.08. The number of halogens is 1. The molecule has 0 saturated heterocycles. The fourth-order valence-electron chi connectivity index (χ4n) is 3.13. The molecule has 2 heterocycles. The van der Waals surface area contributed by atoms with Crippen LogP contribution in [0.2, 0.25) is 5.02 Å². The van der Waals surface area contributed by atoms with Gasteiger partial charge in [-0.2, -0.15) is 0 Å². The van der Waals surface area contributed by atoms with E-state index in [1.165, 1.54) is 35.2 Å². The third-order valence-electron chi connectivity index (χ3n) is 4.49. The quantitative estimate of drug-likeness (QED) is 0.575. The summed E-state index contributed by atoms with van der Waals surface area (Å²) in [5.41, 5.74) is 2.14. The van der Waals surface area contributed by atoms with Gasteiger partial charge in [0, 0.05) is 22.9 Å². The first-order valence-corrected chi connectivity index (χ1v) is 11.4. The molecule has 3 aromatic rings. The topological polar surface area (TPSA) is 72.7 Å². The molecule has 1 N–H and O–H groups in total. The van der Waals surface area contributed by atoms with Gasteiger partial charge < -0.3 is 5.32 Å². The minimum Gasteiger partial charge on any atom is -0.355 e. The van der Waals surface area contributed by atoms with Gasteiger partial charge in [0.05, 0.1) is 22.1 Å². The van der Waals surface area contributed by atoms with Crippen LogP contribution in [0.5, 0.6) is 0 Å². The average Bonchev–Trinajstić information content (AvgIpc) is 3.32. The van der Waals surface area contributed by atoms with E-state index in [2.05, 4.69) is 15.5 Å². The fourth-order valence-corrected chi connectivity index (χ4v) is 5.23. The number of carbonyl (C=O) groups excluding carboxylic acids is 1. The normalized spacial score (nSPS) is 13.3. The van der Waals surface area contributed by atoms with Crippen molar-refractivity contribution in [3.05, 3.63) is 51.2 Å². The highest BCUT2D eigenvalue weighted by Gasteiger charge is 2.15. The third-order valence-corrected chi connectivity index (χ3v) is 6.88. The summed E-state index contributed by atoms with van der Waals surface area (Å²) in [5.74, 6) is 0.264. The molecular formula is C19H20ClN5OS2. The van der Waals surface area contributed by atoms with Crippen molar-refractivity contribution in [2.45, 2.75) is 37.3 Å². The van der Waals surface area contributed by atoms with Crippen LogP contribution < -0.4 is 5.32 Å². The molecule has 0 aliphatic heterocycles. The molecule has 6 nitrogen and oxygen atoms in total. The Morgan fingerprint density at radius 2 is 2.21 bits per heavy atom. The lowest BCUT2D eigenvalue weighted by Crippen LogP contribution is -2.27. The molecule has 9 heteroatoms. The number of aryl methyl sites for hydroxylation is 2. The predicted octanol–water partition coefficient (Wildman–Crippen LogP) is 3.71. The van der Waals surface area contributed by atoms with Gasteiger partial charge in [0.1, 0.15) is 6.33 Å². The number of thiazole rings is 1. The fraction of sp³-hybridized carbons (Fsp3) is 0.368. The van der Waals surface area contributed by atoms with E-state index >= 15 is 0 Å². The minimum atomic E-state index is -0.0213. The molecule has 0 saturated carbocycles. The van der Waals surface area contributed by atoms with Gasteiger partial charge in [-0.05, 0) is 43.9 Å². The minimum absolute atomic E-state index is 0.0213. The number of hydrogen-bond acceptors (Lipinski definition) is 6. The van der Waals surface area contributed by atoms with Gasteiger partial charge in [-0.15, -0.1) is 21.5 Å². The van der Waals surface area contributed by atoms with Gasteiger partial charge in [-0.25, -0.2) is 4.98 Å². The number of rotatable bonds is 7. The number of aromatic nitrogens is 4. The lowest BCUT2D eigenvalue weighted by atomic mass is 10.0. The largest absolute Gasteiger partial charge is 0.355 e. The second-order valence-electron chi connectivity index (χ2n) is 6.54. The van der Waals surface area contributed by atoms with Crippen LogP contribution in [0.15, 0.2) is 35.7 Å². The zero-order chi connectivity index (χ0) is 19.3. The molecule has 0 radical (unpaired) electrons. The molecule has 0 unspecified atom stereocenters. The van der Waals surface area contributed by atoms with Gasteiger partial charge in [0.25, 0.3) is 0 Å². The highest BCUT2D eigenvalue weighted by atomic mass is 35.5. The van der Waals surface area contributed by atoms with E-state index in [1.807, 2.05) is 28.8 Å². The summed E-state index contributed by atoms with van der Waals surface area (Å²) in [4.78, 5) is 18.3. The van der Waals surface area contributed by atoms with Crippen LogP contribution in [-0.4, -0.2) is 38.0 Å². The number of amides is 1. The highest BCUT2D eigenvalue weighted by molar-refractivity contribution is 7.99. The molecule has 0 fully saturated rings. The number of fused-ring (bicyclic) bond motifs is 1. The zero-order valence-electron chi connectivity index (χ0n) is 15.2. The van der Waals surface area contributed by atoms with Crippen molar-refractivity contribution in [2.24, 2.45) is 0 Å². The van der Waals surface area contributed by atoms with Crippen molar-refractivity contribution in [1.29, 1.82) is 0 Å². The number of nitrogens with one attached hydrogen (secondary N) is 1. The molecule has 1 aliphatic rings. The number of carbonyl (C=O) groups is 1. The Balaban J connectivity index is 1.26. The van der Waals surface area contributed by atoms with Crippen LogP contribution in [0.4, 0.5) is 0 Å². The molecule has 1 aliphatic carbocycles. The molecule has 1 amide bonds. The Morgan fingerprint density at radius 3 is 3.07 bits per heavy atom. The molecule has 0 bridgehead atoms. The number of nitrogens with zero attached hydrogens (tertiary/aromatic N) is 4. The van der Waals surface area contributed by atoms with Crippen LogP contribution in [0.1, 0.15) is 28.4 Å². The summed E-state index contributed by atoms with van der Waals surface area (Å²) in [7, 11) is 0. The van der Waals surface area contributed by atoms with E-state index in [9.17, 15) is 4.79 Å². The molecule has 1 aromatic carbocycles. The van der Waals surface area contributed by atoms with Crippen molar-refractivity contribution in [2.75, 3.05) is 12.3 Å². The Bertz CT molecular complexity index is 947. The van der Waals surface area contributed by atoms with Gasteiger partial charge >= 0.3 is 0 Å². The Kier molecular flexibility index (Phi) is 6.29. The molecule has 2 aromatic heterocycles. The molecule has 146 valence electrons. The Morgan fingerprint density at radius 1 is 1.32 bits per heavy atom. The van der Waals surface area contributed by atoms with Crippen LogP contribution in [0.3, 0.4) is 0 Å². The maximum absolute atomic E-state index is 12.2. The number of hydrogen-bond donors (Lipinski definition) is 1. The van der Waals surface area contributed by atoms with E-state index in [4.69, 9.17) is 16.6 Å². The third kappa shape index (κ3) is 4.74. The smallest absolute Gasteiger partial charge is 0.230 e. The van der Waals surface area contributed by atoms with E-state index in [0.717, 1.165) is 30.0 Å². The lowest BCUT2D eigenvalue weighted by molar-refractivity contribution is -0.118. The monoisotopic (exact) mass is 433 g/mol. The summed E-state index contributed by atoms with van der Waals surface area (Å²) >= 11 is 9.20. The van der Waals surface area contributed by atoms with Crippen LogP contribution in [0, 0.1) is 0 Å². The van der Waals surface area contributed by atoms with E-state index in [0.29, 0.717) is 16.7 Å². The summed E-state index contributed by atoms with van der Waals surface area (Å²) in [6.45, 7) is 0.604. The molecule has 4 rings (SSSR count). The standard InChI is InChI=1S/C19H20ClN5OS2/c20-13-4-3-5-14(10-13)25-12-22-24-19(25)27-11-17(26)21-9-8-18-23-15-6-1-2-7-16(15)28-18/h3-5,10,12H,1-2,6-9,11H2,(H,21,26). The number of thioether (sulfide) groups is 1. The highest BCUT2D eigenvalue weighted by Crippen LogP contribution is 2.26. The lowest BCUT2D eigenvalue weighted by Gasteiger charge is -2.07. The summed E-state index contributed by atoms with van der Waals surface area (Å²) < 4.78 is 1.82. The van der Waals surface area contributed by atoms with Crippen molar-refractivity contribution in [1.82, 2.24) is 25.1 Å². The zero-order valence-corrected chi connectivity index (χ0v) is 17.6. The first-order chi connectivity index (χ1) is 13.7. The van der Waals surface area contributed by atoms with Crippen LogP contribution in [0.25, 0.3) is 5.69 Å². The average molecular weight is 434 g/mol. The van der Waals surface area contributed by atoms with E-state index in [-0.39, 0.29) is 11.7 Å².